The van der Waals surface area contributed by atoms with Crippen molar-refractivity contribution < 1.29 is 14.6 Å². The van der Waals surface area contributed by atoms with Crippen LogP contribution in [0.1, 0.15) is 24.8 Å². The van der Waals surface area contributed by atoms with Crippen LogP contribution in [0.3, 0.4) is 0 Å². The summed E-state index contributed by atoms with van der Waals surface area (Å²) in [4.78, 5) is 2.43. The molecule has 0 atom stereocenters. The van der Waals surface area contributed by atoms with E-state index in [1.54, 1.807) is 0 Å². The Balaban J connectivity index is 1.58. The second kappa shape index (κ2) is 9.03. The highest BCUT2D eigenvalue weighted by atomic mass is 16.5. The molecule has 4 heteroatoms. The smallest absolute Gasteiger partial charge is 0.119 e. The molecule has 1 N–H and O–H groups in total. The molecule has 1 heterocycles. The summed E-state index contributed by atoms with van der Waals surface area (Å²) in [5, 5.41) is 8.74. The first-order valence-corrected chi connectivity index (χ1v) is 7.92. The topological polar surface area (TPSA) is 41.9 Å². The lowest BCUT2D eigenvalue weighted by Gasteiger charge is -2.31. The lowest BCUT2D eigenvalue weighted by atomic mass is 10.1. The average Bonchev–Trinajstić information content (AvgIpc) is 2.49. The number of rotatable bonds is 8. The van der Waals surface area contributed by atoms with Crippen molar-refractivity contribution in [1.82, 2.24) is 4.90 Å². The zero-order valence-corrected chi connectivity index (χ0v) is 13.0. The van der Waals surface area contributed by atoms with Gasteiger partial charge in [-0.05, 0) is 43.9 Å². The van der Waals surface area contributed by atoms with Crippen LogP contribution in [0.4, 0.5) is 0 Å². The van der Waals surface area contributed by atoms with E-state index in [4.69, 9.17) is 14.6 Å². The van der Waals surface area contributed by atoms with Gasteiger partial charge in [0.1, 0.15) is 12.4 Å². The molecule has 1 aromatic rings. The maximum Gasteiger partial charge on any atom is 0.119 e. The van der Waals surface area contributed by atoms with Crippen LogP contribution in [-0.4, -0.2) is 55.6 Å². The van der Waals surface area contributed by atoms with E-state index in [9.17, 15) is 0 Å². The highest BCUT2D eigenvalue weighted by molar-refractivity contribution is 5.27. The molecule has 1 fully saturated rings. The lowest BCUT2D eigenvalue weighted by Crippen LogP contribution is -2.39. The van der Waals surface area contributed by atoms with Crippen molar-refractivity contribution in [2.24, 2.45) is 0 Å². The van der Waals surface area contributed by atoms with Crippen molar-refractivity contribution >= 4 is 0 Å². The summed E-state index contributed by atoms with van der Waals surface area (Å²) in [5.74, 6) is 0.956. The van der Waals surface area contributed by atoms with Crippen molar-refractivity contribution in [3.05, 3.63) is 29.8 Å². The number of hydrogen-bond donors (Lipinski definition) is 1. The molecule has 0 unspecified atom stereocenters. The van der Waals surface area contributed by atoms with E-state index in [0.717, 1.165) is 51.3 Å². The van der Waals surface area contributed by atoms with Crippen LogP contribution >= 0.6 is 0 Å². The molecule has 21 heavy (non-hydrogen) atoms. The Bertz CT molecular complexity index is 403. The molecule has 1 saturated heterocycles. The van der Waals surface area contributed by atoms with Gasteiger partial charge in [-0.2, -0.15) is 0 Å². The standard InChI is InChI=1S/C17H27NO3/c1-15-4-2-5-17(14-15)21-13-10-18-8-6-16(7-9-18)20-12-3-11-19/h2,4-5,14,16,19H,3,6-13H2,1H3. The van der Waals surface area contributed by atoms with Gasteiger partial charge in [-0.3, -0.25) is 4.90 Å². The number of ether oxygens (including phenoxy) is 2. The van der Waals surface area contributed by atoms with Crippen LogP contribution in [0.25, 0.3) is 0 Å². The third kappa shape index (κ3) is 6.04. The SMILES string of the molecule is Cc1cccc(OCCN2CCC(OCCCO)CC2)c1. The maximum absolute atomic E-state index is 8.74. The number of aliphatic hydroxyl groups is 1. The minimum absolute atomic E-state index is 0.217. The lowest BCUT2D eigenvalue weighted by molar-refractivity contribution is 0.000407. The average molecular weight is 293 g/mol. The van der Waals surface area contributed by atoms with E-state index >= 15 is 0 Å². The van der Waals surface area contributed by atoms with Crippen LogP contribution in [0.2, 0.25) is 0 Å². The van der Waals surface area contributed by atoms with Crippen LogP contribution in [0.15, 0.2) is 24.3 Å². The molecule has 0 aromatic heterocycles. The molecule has 0 aliphatic carbocycles. The molecule has 0 bridgehead atoms. The van der Waals surface area contributed by atoms with Crippen LogP contribution < -0.4 is 4.74 Å². The highest BCUT2D eigenvalue weighted by Crippen LogP contribution is 2.15. The molecule has 2 rings (SSSR count). The number of aliphatic hydroxyl groups excluding tert-OH is 1. The fourth-order valence-corrected chi connectivity index (χ4v) is 2.61. The molecule has 0 saturated carbocycles. The van der Waals surface area contributed by atoms with E-state index in [0.29, 0.717) is 12.7 Å². The summed E-state index contributed by atoms with van der Waals surface area (Å²) >= 11 is 0. The number of aryl methyl sites for hydroxylation is 1. The van der Waals surface area contributed by atoms with Crippen molar-refractivity contribution in [3.8, 4) is 5.75 Å². The van der Waals surface area contributed by atoms with E-state index in [1.165, 1.54) is 5.56 Å². The number of benzene rings is 1. The first-order chi connectivity index (χ1) is 10.3. The number of likely N-dealkylation sites (tertiary alicyclic amines) is 1. The van der Waals surface area contributed by atoms with E-state index in [2.05, 4.69) is 24.0 Å². The zero-order chi connectivity index (χ0) is 14.9. The normalized spacial score (nSPS) is 17.0. The van der Waals surface area contributed by atoms with Crippen LogP contribution in [0.5, 0.6) is 5.75 Å². The summed E-state index contributed by atoms with van der Waals surface area (Å²) in [6.45, 7) is 6.82. The summed E-state index contributed by atoms with van der Waals surface area (Å²) in [6.07, 6.45) is 3.27. The quantitative estimate of drug-likeness (QED) is 0.746. The largest absolute Gasteiger partial charge is 0.492 e. The van der Waals surface area contributed by atoms with Gasteiger partial charge >= 0.3 is 0 Å². The molecule has 118 valence electrons. The fraction of sp³-hybridized carbons (Fsp3) is 0.647. The van der Waals surface area contributed by atoms with Crippen LogP contribution in [0, 0.1) is 6.92 Å². The van der Waals surface area contributed by atoms with Crippen molar-refractivity contribution in [2.75, 3.05) is 39.5 Å². The van der Waals surface area contributed by atoms with Gasteiger partial charge in [0.15, 0.2) is 0 Å². The second-order valence-electron chi connectivity index (χ2n) is 5.65. The van der Waals surface area contributed by atoms with Crippen molar-refractivity contribution in [3.63, 3.8) is 0 Å². The monoisotopic (exact) mass is 293 g/mol. The minimum atomic E-state index is 0.217. The Labute approximate surface area is 127 Å². The van der Waals surface area contributed by atoms with Gasteiger partial charge in [0.05, 0.1) is 6.10 Å². The third-order valence-electron chi connectivity index (χ3n) is 3.86. The van der Waals surface area contributed by atoms with Gasteiger partial charge in [0, 0.05) is 32.8 Å². The Kier molecular flexibility index (Phi) is 7.00. The Morgan fingerprint density at radius 2 is 2.05 bits per heavy atom. The first kappa shape index (κ1) is 16.3. The molecular formula is C17H27NO3. The molecule has 0 radical (unpaired) electrons. The Morgan fingerprint density at radius 3 is 2.76 bits per heavy atom. The molecule has 1 aliphatic heterocycles. The van der Waals surface area contributed by atoms with Gasteiger partial charge in [0.2, 0.25) is 0 Å². The molecule has 1 aromatic carbocycles. The Morgan fingerprint density at radius 1 is 1.24 bits per heavy atom. The molecule has 1 aliphatic rings. The summed E-state index contributed by atoms with van der Waals surface area (Å²) in [5.41, 5.74) is 1.23. The second-order valence-corrected chi connectivity index (χ2v) is 5.65. The van der Waals surface area contributed by atoms with E-state index in [1.807, 2.05) is 12.1 Å². The Hall–Kier alpha value is -1.10. The van der Waals surface area contributed by atoms with Gasteiger partial charge in [-0.1, -0.05) is 12.1 Å². The first-order valence-electron chi connectivity index (χ1n) is 7.92. The number of nitrogens with zero attached hydrogens (tertiary/aromatic N) is 1. The van der Waals surface area contributed by atoms with Crippen LogP contribution in [-0.2, 0) is 4.74 Å². The number of hydrogen-bond acceptors (Lipinski definition) is 4. The summed E-state index contributed by atoms with van der Waals surface area (Å²) < 4.78 is 11.5. The van der Waals surface area contributed by atoms with Gasteiger partial charge in [0.25, 0.3) is 0 Å². The predicted molar refractivity (Wildman–Crippen MR) is 83.8 cm³/mol. The number of piperidine rings is 1. The van der Waals surface area contributed by atoms with Crippen molar-refractivity contribution in [2.45, 2.75) is 32.3 Å². The summed E-state index contributed by atoms with van der Waals surface area (Å²) in [6, 6.07) is 8.18. The van der Waals surface area contributed by atoms with Crippen molar-refractivity contribution in [1.29, 1.82) is 0 Å². The third-order valence-corrected chi connectivity index (χ3v) is 3.86. The predicted octanol–water partition coefficient (Wildman–Crippen LogP) is 2.24. The summed E-state index contributed by atoms with van der Waals surface area (Å²) in [7, 11) is 0. The molecular weight excluding hydrogens is 266 g/mol. The van der Waals surface area contributed by atoms with E-state index in [-0.39, 0.29) is 6.61 Å². The molecule has 0 amide bonds. The minimum Gasteiger partial charge on any atom is -0.492 e. The van der Waals surface area contributed by atoms with Gasteiger partial charge in [-0.15, -0.1) is 0 Å². The van der Waals surface area contributed by atoms with E-state index < -0.39 is 0 Å². The molecule has 0 spiro atoms. The highest BCUT2D eigenvalue weighted by Gasteiger charge is 2.19. The fourth-order valence-electron chi connectivity index (χ4n) is 2.61. The molecule has 4 nitrogen and oxygen atoms in total. The zero-order valence-electron chi connectivity index (χ0n) is 13.0. The maximum atomic E-state index is 8.74. The van der Waals surface area contributed by atoms with Gasteiger partial charge in [-0.25, -0.2) is 0 Å². The van der Waals surface area contributed by atoms with Gasteiger partial charge < -0.3 is 14.6 Å².